The van der Waals surface area contributed by atoms with E-state index in [1.54, 1.807) is 0 Å². The molecule has 0 amide bonds. The van der Waals surface area contributed by atoms with Gasteiger partial charge >= 0.3 is 0 Å². The molecule has 1 aromatic heterocycles. The van der Waals surface area contributed by atoms with Crippen molar-refractivity contribution in [2.75, 3.05) is 4.90 Å². The Hall–Kier alpha value is -5.87. The van der Waals surface area contributed by atoms with Gasteiger partial charge in [0.05, 0.1) is 11.1 Å². The van der Waals surface area contributed by atoms with Crippen molar-refractivity contribution in [2.45, 2.75) is 34.5 Å². The Labute approximate surface area is 329 Å². The molecule has 0 atom stereocenters. The van der Waals surface area contributed by atoms with Gasteiger partial charge in [0.2, 0.25) is 0 Å². The topological polar surface area (TPSA) is 3.24 Å². The zero-order chi connectivity index (χ0) is 36.5. The van der Waals surface area contributed by atoms with E-state index in [-0.39, 0.29) is 5.41 Å². The molecule has 8 aromatic carbocycles. The molecular weight excluding hydrogens is 703 g/mol. The summed E-state index contributed by atoms with van der Waals surface area (Å²) in [6.07, 6.45) is 0. The van der Waals surface area contributed by atoms with Gasteiger partial charge in [0.1, 0.15) is 0 Å². The maximum Gasteiger partial charge on any atom is 0.0736 e. The first-order valence-corrected chi connectivity index (χ1v) is 20.7. The number of anilines is 3. The van der Waals surface area contributed by atoms with Gasteiger partial charge in [0.15, 0.2) is 0 Å². The van der Waals surface area contributed by atoms with E-state index in [1.165, 1.54) is 97.0 Å². The monoisotopic (exact) mass is 737 g/mol. The summed E-state index contributed by atoms with van der Waals surface area (Å²) >= 11 is 3.78. The van der Waals surface area contributed by atoms with E-state index in [4.69, 9.17) is 0 Å². The molecule has 55 heavy (non-hydrogen) atoms. The Morgan fingerprint density at radius 2 is 0.964 bits per heavy atom. The molecule has 0 fully saturated rings. The average molecular weight is 738 g/mol. The summed E-state index contributed by atoms with van der Waals surface area (Å²) < 4.78 is 2.61. The maximum absolute atomic E-state index is 2.55. The highest BCUT2D eigenvalue weighted by atomic mass is 32.2. The summed E-state index contributed by atoms with van der Waals surface area (Å²) in [7, 11) is 0. The van der Waals surface area contributed by atoms with Gasteiger partial charge in [-0.1, -0.05) is 147 Å². The molecule has 0 bridgehead atoms. The molecule has 1 nitrogen and oxygen atoms in total. The van der Waals surface area contributed by atoms with E-state index in [0.29, 0.717) is 0 Å². The molecule has 2 heterocycles. The molecule has 0 N–H and O–H groups in total. The van der Waals surface area contributed by atoms with E-state index in [2.05, 4.69) is 195 Å². The summed E-state index contributed by atoms with van der Waals surface area (Å²) in [6.45, 7) is 4.76. The van der Waals surface area contributed by atoms with Gasteiger partial charge in [-0.3, -0.25) is 0 Å². The van der Waals surface area contributed by atoms with Gasteiger partial charge in [-0.2, -0.15) is 0 Å². The van der Waals surface area contributed by atoms with Crippen molar-refractivity contribution in [3.63, 3.8) is 0 Å². The van der Waals surface area contributed by atoms with Crippen LogP contribution in [0.5, 0.6) is 0 Å². The number of fused-ring (bicyclic) bond motifs is 15. The van der Waals surface area contributed by atoms with Crippen LogP contribution in [-0.2, 0) is 10.8 Å². The average Bonchev–Trinajstić information content (AvgIpc) is 3.83. The minimum Gasteiger partial charge on any atom is -0.310 e. The Balaban J connectivity index is 1.16. The molecule has 3 heteroatoms. The van der Waals surface area contributed by atoms with E-state index in [9.17, 15) is 0 Å². The summed E-state index contributed by atoms with van der Waals surface area (Å²) in [5, 5.41) is 2.60. The van der Waals surface area contributed by atoms with E-state index < -0.39 is 5.41 Å². The fourth-order valence-electron chi connectivity index (χ4n) is 10.2. The first-order chi connectivity index (χ1) is 27.0. The predicted molar refractivity (Wildman–Crippen MR) is 233 cm³/mol. The van der Waals surface area contributed by atoms with Crippen molar-refractivity contribution in [1.29, 1.82) is 0 Å². The Morgan fingerprint density at radius 1 is 0.418 bits per heavy atom. The second-order valence-electron chi connectivity index (χ2n) is 15.6. The van der Waals surface area contributed by atoms with E-state index >= 15 is 0 Å². The lowest BCUT2D eigenvalue weighted by Gasteiger charge is -2.40. The third-order valence-corrected chi connectivity index (χ3v) is 14.8. The molecule has 0 saturated carbocycles. The third kappa shape index (κ3) is 4.15. The number of nitrogens with zero attached hydrogens (tertiary/aromatic N) is 1. The van der Waals surface area contributed by atoms with Crippen LogP contribution in [0.4, 0.5) is 17.1 Å². The summed E-state index contributed by atoms with van der Waals surface area (Å²) in [5.74, 6) is 0. The zero-order valence-electron chi connectivity index (χ0n) is 30.5. The molecule has 0 radical (unpaired) electrons. The van der Waals surface area contributed by atoms with Gasteiger partial charge in [0, 0.05) is 46.8 Å². The lowest BCUT2D eigenvalue weighted by atomic mass is 9.67. The Bertz CT molecular complexity index is 3030. The smallest absolute Gasteiger partial charge is 0.0736 e. The first kappa shape index (κ1) is 31.5. The number of hydrogen-bond donors (Lipinski definition) is 0. The predicted octanol–water partition coefficient (Wildman–Crippen LogP) is 14.7. The van der Waals surface area contributed by atoms with Crippen LogP contribution in [0.3, 0.4) is 0 Å². The third-order valence-electron chi connectivity index (χ3n) is 12.5. The minimum atomic E-state index is -0.450. The van der Waals surface area contributed by atoms with Crippen LogP contribution in [0.1, 0.15) is 47.2 Å². The molecule has 2 aliphatic carbocycles. The molecule has 0 unspecified atom stereocenters. The molecule has 1 spiro atoms. The minimum absolute atomic E-state index is 0.119. The zero-order valence-corrected chi connectivity index (χ0v) is 32.1. The summed E-state index contributed by atoms with van der Waals surface area (Å²) in [6, 6.07) is 66.4. The van der Waals surface area contributed by atoms with Crippen LogP contribution in [0.25, 0.3) is 42.4 Å². The van der Waals surface area contributed by atoms with Crippen molar-refractivity contribution in [3.8, 4) is 22.3 Å². The molecule has 12 rings (SSSR count). The highest BCUT2D eigenvalue weighted by molar-refractivity contribution is 7.99. The standard InChI is InChI=1S/C52H35NS2/c1-51(2)39-18-7-3-14-34(39)37-28-26-32(30-43(37)51)53(45-22-13-25-49-50(45)38-17-6-11-23-46(38)54-49)33-27-29-48-44(31-33)52(42-21-10-12-24-47(42)55-48)40-19-8-4-15-35(40)36-16-5-9-20-41(36)52/h3-31H,1-2H3. The van der Waals surface area contributed by atoms with Crippen LogP contribution >= 0.6 is 23.1 Å². The molecule has 1 aliphatic heterocycles. The van der Waals surface area contributed by atoms with Gasteiger partial charge in [-0.25, -0.2) is 0 Å². The van der Waals surface area contributed by atoms with Gasteiger partial charge < -0.3 is 4.90 Å². The van der Waals surface area contributed by atoms with Crippen LogP contribution in [0.2, 0.25) is 0 Å². The van der Waals surface area contributed by atoms with Gasteiger partial charge in [-0.15, -0.1) is 11.3 Å². The molecule has 0 saturated heterocycles. The van der Waals surface area contributed by atoms with E-state index in [1.807, 2.05) is 23.1 Å². The molecule has 260 valence electrons. The second kappa shape index (κ2) is 11.3. The molecule has 9 aromatic rings. The van der Waals surface area contributed by atoms with Crippen molar-refractivity contribution in [1.82, 2.24) is 0 Å². The van der Waals surface area contributed by atoms with Crippen LogP contribution in [0.15, 0.2) is 186 Å². The Morgan fingerprint density at radius 3 is 1.73 bits per heavy atom. The van der Waals surface area contributed by atoms with Crippen LogP contribution in [-0.4, -0.2) is 0 Å². The number of thiophene rings is 1. The van der Waals surface area contributed by atoms with Gasteiger partial charge in [-0.05, 0) is 110 Å². The summed E-state index contributed by atoms with van der Waals surface area (Å²) in [4.78, 5) is 5.17. The first-order valence-electron chi connectivity index (χ1n) is 19.1. The SMILES string of the molecule is CC1(C)c2ccccc2-c2ccc(N(c3ccc4c(c3)C3(c5ccccc5S4)c4ccccc4-c4ccccc43)c3cccc4sc5ccccc5c34)cc21. The fourth-order valence-corrected chi connectivity index (χ4v) is 12.5. The normalized spacial score (nSPS) is 14.9. The van der Waals surface area contributed by atoms with Crippen LogP contribution in [0, 0.1) is 0 Å². The highest BCUT2D eigenvalue weighted by Gasteiger charge is 2.50. The van der Waals surface area contributed by atoms with Crippen LogP contribution < -0.4 is 4.90 Å². The maximum atomic E-state index is 2.55. The number of hydrogen-bond acceptors (Lipinski definition) is 3. The summed E-state index contributed by atoms with van der Waals surface area (Å²) in [5.41, 5.74) is 16.5. The lowest BCUT2D eigenvalue weighted by Crippen LogP contribution is -2.32. The Kier molecular flexibility index (Phi) is 6.49. The van der Waals surface area contributed by atoms with Crippen molar-refractivity contribution in [3.05, 3.63) is 209 Å². The fraction of sp³-hybridized carbons (Fsp3) is 0.0769. The van der Waals surface area contributed by atoms with Crippen molar-refractivity contribution < 1.29 is 0 Å². The number of rotatable bonds is 3. The largest absolute Gasteiger partial charge is 0.310 e. The lowest BCUT2D eigenvalue weighted by molar-refractivity contribution is 0.660. The van der Waals surface area contributed by atoms with E-state index in [0.717, 1.165) is 5.69 Å². The molecular formula is C52H35NS2. The second-order valence-corrected chi connectivity index (χ2v) is 17.8. The van der Waals surface area contributed by atoms with Crippen molar-refractivity contribution in [2.24, 2.45) is 0 Å². The molecule has 3 aliphatic rings. The highest BCUT2D eigenvalue weighted by Crippen LogP contribution is 2.63. The quantitative estimate of drug-likeness (QED) is 0.178. The van der Waals surface area contributed by atoms with Crippen molar-refractivity contribution >= 4 is 60.3 Å². The number of benzene rings is 8. The van der Waals surface area contributed by atoms with Gasteiger partial charge in [0.25, 0.3) is 0 Å².